The number of nitrogens with zero attached hydrogens (tertiary/aromatic N) is 1. The minimum absolute atomic E-state index is 0.0602. The molecule has 0 N–H and O–H groups in total. The van der Waals surface area contributed by atoms with Crippen molar-refractivity contribution in [3.05, 3.63) is 12.3 Å². The molecule has 11 heavy (non-hydrogen) atoms. The zero-order valence-electron chi connectivity index (χ0n) is 7.00. The van der Waals surface area contributed by atoms with Crippen LogP contribution in [0.3, 0.4) is 0 Å². The van der Waals surface area contributed by atoms with Crippen LogP contribution in [0.5, 0.6) is 0 Å². The van der Waals surface area contributed by atoms with Crippen molar-refractivity contribution in [2.45, 2.75) is 26.7 Å². The lowest BCUT2D eigenvalue weighted by Crippen LogP contribution is -2.23. The second-order valence-electron chi connectivity index (χ2n) is 2.65. The quantitative estimate of drug-likeness (QED) is 0.593. The molecule has 60 valence electrons. The molecular weight excluding hydrogens is 138 g/mol. The number of carbonyl (C=O) groups is 1. The molecule has 0 aromatic rings. The Morgan fingerprint density at radius 1 is 1.55 bits per heavy atom. The number of carbonyl (C=O) groups excluding carboxylic acids is 1. The van der Waals surface area contributed by atoms with Gasteiger partial charge in [-0.25, -0.2) is 0 Å². The third kappa shape index (κ3) is 1.56. The zero-order valence-corrected chi connectivity index (χ0v) is 7.00. The van der Waals surface area contributed by atoms with E-state index in [1.165, 1.54) is 0 Å². The molecule has 0 aliphatic carbocycles. The van der Waals surface area contributed by atoms with Gasteiger partial charge in [0.15, 0.2) is 5.78 Å². The maximum absolute atomic E-state index is 11.2. The van der Waals surface area contributed by atoms with Gasteiger partial charge >= 0.3 is 0 Å². The van der Waals surface area contributed by atoms with E-state index < -0.39 is 0 Å². The molecule has 2 heteroatoms. The molecule has 1 heterocycles. The molecule has 0 aromatic carbocycles. The Labute approximate surface area is 67.0 Å². The average molecular weight is 151 g/mol. The monoisotopic (exact) mass is 151 g/mol. The lowest BCUT2D eigenvalue weighted by atomic mass is 9.92. The van der Waals surface area contributed by atoms with Crippen molar-refractivity contribution < 1.29 is 4.79 Å². The Bertz CT molecular complexity index is 216. The minimum atomic E-state index is 0.0602. The number of aliphatic imine (C=N–C) groups is 1. The van der Waals surface area contributed by atoms with Crippen LogP contribution in [0.4, 0.5) is 0 Å². The Morgan fingerprint density at radius 3 is 2.73 bits per heavy atom. The van der Waals surface area contributed by atoms with Gasteiger partial charge in [0.05, 0.1) is 5.92 Å². The number of hydrogen-bond donors (Lipinski definition) is 0. The second kappa shape index (κ2) is 3.46. The van der Waals surface area contributed by atoms with E-state index >= 15 is 0 Å². The van der Waals surface area contributed by atoms with Crippen molar-refractivity contribution in [1.29, 1.82) is 0 Å². The highest BCUT2D eigenvalue weighted by Gasteiger charge is 2.20. The van der Waals surface area contributed by atoms with Crippen LogP contribution in [0, 0.1) is 5.92 Å². The summed E-state index contributed by atoms with van der Waals surface area (Å²) in [6, 6.07) is 0. The fraction of sp³-hybridized carbons (Fsp3) is 0.556. The topological polar surface area (TPSA) is 29.4 Å². The molecule has 2 nitrogen and oxygen atoms in total. The average Bonchev–Trinajstić information content (AvgIpc) is 2.04. The largest absolute Gasteiger partial charge is 0.294 e. The first-order chi connectivity index (χ1) is 5.29. The highest BCUT2D eigenvalue weighted by molar-refractivity contribution is 6.11. The summed E-state index contributed by atoms with van der Waals surface area (Å²) in [7, 11) is 0. The van der Waals surface area contributed by atoms with E-state index in [1.807, 2.05) is 13.8 Å². The van der Waals surface area contributed by atoms with E-state index in [-0.39, 0.29) is 11.7 Å². The van der Waals surface area contributed by atoms with Gasteiger partial charge in [0.25, 0.3) is 0 Å². The summed E-state index contributed by atoms with van der Waals surface area (Å²) in [5.41, 5.74) is 1.03. The Morgan fingerprint density at radius 2 is 2.27 bits per heavy atom. The normalized spacial score (nSPS) is 23.6. The standard InChI is InChI=1S/C9H13NO/c1-3-7-8(4-2)10-6-5-9(7)11/h5-7H,3-4H2,1-2H3. The van der Waals surface area contributed by atoms with E-state index in [2.05, 4.69) is 4.99 Å². The first-order valence-corrected chi connectivity index (χ1v) is 4.06. The first kappa shape index (κ1) is 8.18. The molecular formula is C9H13NO. The van der Waals surface area contributed by atoms with Crippen LogP contribution < -0.4 is 0 Å². The van der Waals surface area contributed by atoms with Crippen molar-refractivity contribution in [2.75, 3.05) is 0 Å². The third-order valence-electron chi connectivity index (χ3n) is 2.00. The van der Waals surface area contributed by atoms with Gasteiger partial charge in [-0.3, -0.25) is 9.79 Å². The van der Waals surface area contributed by atoms with Gasteiger partial charge in [0.2, 0.25) is 0 Å². The van der Waals surface area contributed by atoms with Crippen LogP contribution in [0.15, 0.2) is 17.3 Å². The van der Waals surface area contributed by atoms with Crippen LogP contribution in [0.1, 0.15) is 26.7 Å². The molecule has 0 bridgehead atoms. The van der Waals surface area contributed by atoms with E-state index in [1.54, 1.807) is 12.3 Å². The zero-order chi connectivity index (χ0) is 8.27. The van der Waals surface area contributed by atoms with Crippen LogP contribution >= 0.6 is 0 Å². The molecule has 1 aliphatic heterocycles. The maximum atomic E-state index is 11.2. The van der Waals surface area contributed by atoms with Crippen LogP contribution in [0.2, 0.25) is 0 Å². The Hall–Kier alpha value is -0.920. The molecule has 1 unspecified atom stereocenters. The van der Waals surface area contributed by atoms with Gasteiger partial charge in [-0.2, -0.15) is 0 Å². The van der Waals surface area contributed by atoms with Crippen molar-refractivity contribution >= 4 is 11.5 Å². The minimum Gasteiger partial charge on any atom is -0.294 e. The van der Waals surface area contributed by atoms with Crippen LogP contribution in [-0.4, -0.2) is 11.5 Å². The van der Waals surface area contributed by atoms with E-state index in [0.717, 1.165) is 18.6 Å². The number of allylic oxidation sites excluding steroid dienone is 1. The fourth-order valence-electron chi connectivity index (χ4n) is 1.35. The van der Waals surface area contributed by atoms with E-state index in [0.29, 0.717) is 0 Å². The predicted octanol–water partition coefficient (Wildman–Crippen LogP) is 1.96. The summed E-state index contributed by atoms with van der Waals surface area (Å²) in [5, 5.41) is 0. The summed E-state index contributed by atoms with van der Waals surface area (Å²) < 4.78 is 0. The van der Waals surface area contributed by atoms with E-state index in [4.69, 9.17) is 0 Å². The SMILES string of the molecule is CCC1=NC=CC(=O)C1CC. The highest BCUT2D eigenvalue weighted by atomic mass is 16.1. The van der Waals surface area contributed by atoms with Crippen molar-refractivity contribution in [3.63, 3.8) is 0 Å². The maximum Gasteiger partial charge on any atom is 0.165 e. The molecule has 1 aliphatic rings. The molecule has 1 rings (SSSR count). The summed E-state index contributed by atoms with van der Waals surface area (Å²) >= 11 is 0. The Kier molecular flexibility index (Phi) is 2.58. The summed E-state index contributed by atoms with van der Waals surface area (Å²) in [5.74, 6) is 0.268. The second-order valence-corrected chi connectivity index (χ2v) is 2.65. The van der Waals surface area contributed by atoms with Crippen molar-refractivity contribution in [3.8, 4) is 0 Å². The molecule has 0 amide bonds. The van der Waals surface area contributed by atoms with Gasteiger partial charge in [-0.1, -0.05) is 13.8 Å². The lowest BCUT2D eigenvalue weighted by Gasteiger charge is -2.15. The molecule has 0 saturated heterocycles. The van der Waals surface area contributed by atoms with Gasteiger partial charge in [-0.05, 0) is 12.8 Å². The third-order valence-corrected chi connectivity index (χ3v) is 2.00. The smallest absolute Gasteiger partial charge is 0.165 e. The molecule has 0 saturated carbocycles. The Balaban J connectivity index is 2.81. The van der Waals surface area contributed by atoms with Crippen LogP contribution in [0.25, 0.3) is 0 Å². The van der Waals surface area contributed by atoms with Crippen molar-refractivity contribution in [1.82, 2.24) is 0 Å². The highest BCUT2D eigenvalue weighted by Crippen LogP contribution is 2.14. The molecule has 0 aromatic heterocycles. The van der Waals surface area contributed by atoms with Crippen molar-refractivity contribution in [2.24, 2.45) is 10.9 Å². The van der Waals surface area contributed by atoms with Gasteiger partial charge < -0.3 is 0 Å². The molecule has 0 spiro atoms. The lowest BCUT2D eigenvalue weighted by molar-refractivity contribution is -0.116. The molecule has 0 radical (unpaired) electrons. The first-order valence-electron chi connectivity index (χ1n) is 4.06. The molecule has 1 atom stereocenters. The summed E-state index contributed by atoms with van der Waals surface area (Å²) in [6.45, 7) is 4.06. The molecule has 0 fully saturated rings. The summed E-state index contributed by atoms with van der Waals surface area (Å²) in [4.78, 5) is 15.4. The van der Waals surface area contributed by atoms with Gasteiger partial charge in [0.1, 0.15) is 0 Å². The van der Waals surface area contributed by atoms with Crippen LogP contribution in [-0.2, 0) is 4.79 Å². The van der Waals surface area contributed by atoms with Gasteiger partial charge in [-0.15, -0.1) is 0 Å². The predicted molar refractivity (Wildman–Crippen MR) is 45.7 cm³/mol. The number of rotatable bonds is 2. The van der Waals surface area contributed by atoms with E-state index in [9.17, 15) is 4.79 Å². The number of ketones is 1. The summed E-state index contributed by atoms with van der Waals surface area (Å²) in [6.07, 6.45) is 4.92. The number of hydrogen-bond acceptors (Lipinski definition) is 2. The van der Waals surface area contributed by atoms with Gasteiger partial charge in [0, 0.05) is 18.0 Å². The fourth-order valence-corrected chi connectivity index (χ4v) is 1.35.